The Morgan fingerprint density at radius 1 is 1.07 bits per heavy atom. The van der Waals surface area contributed by atoms with Gasteiger partial charge in [-0.25, -0.2) is 0 Å². The van der Waals surface area contributed by atoms with Crippen LogP contribution in [0.15, 0.2) is 35.5 Å². The lowest BCUT2D eigenvalue weighted by Crippen LogP contribution is -2.43. The van der Waals surface area contributed by atoms with E-state index in [9.17, 15) is 9.59 Å². The van der Waals surface area contributed by atoms with Gasteiger partial charge in [0, 0.05) is 20.0 Å². The number of amides is 2. The standard InChI is InChI=1S/C18H24N6O2S/c1-13(16(26)20-19-14(2)25)27-18-22-21-17(23-11-7-4-8-12-23)24(18)15-9-5-3-6-10-15/h3,5-6,9-10,13H,4,7-8,11-12H2,1-2H3,(H,19,25)(H,20,26)/t13-/m1/s1. The molecule has 2 amide bonds. The number of benzene rings is 1. The van der Waals surface area contributed by atoms with E-state index in [0.29, 0.717) is 5.16 Å². The van der Waals surface area contributed by atoms with E-state index >= 15 is 0 Å². The summed E-state index contributed by atoms with van der Waals surface area (Å²) in [6.07, 6.45) is 3.51. The predicted octanol–water partition coefficient (Wildman–Crippen LogP) is 1.91. The van der Waals surface area contributed by atoms with Gasteiger partial charge in [0.25, 0.3) is 5.91 Å². The van der Waals surface area contributed by atoms with Crippen molar-refractivity contribution < 1.29 is 9.59 Å². The Hall–Kier alpha value is -2.55. The van der Waals surface area contributed by atoms with E-state index in [1.807, 2.05) is 34.9 Å². The number of piperidine rings is 1. The second-order valence-corrected chi connectivity index (χ2v) is 7.74. The van der Waals surface area contributed by atoms with Gasteiger partial charge in [-0.1, -0.05) is 30.0 Å². The first-order chi connectivity index (χ1) is 13.1. The van der Waals surface area contributed by atoms with E-state index in [-0.39, 0.29) is 11.8 Å². The maximum Gasteiger partial charge on any atom is 0.251 e. The van der Waals surface area contributed by atoms with Crippen molar-refractivity contribution in [2.24, 2.45) is 0 Å². The van der Waals surface area contributed by atoms with E-state index in [4.69, 9.17) is 0 Å². The highest BCUT2D eigenvalue weighted by Gasteiger charge is 2.24. The lowest BCUT2D eigenvalue weighted by Gasteiger charge is -2.28. The third kappa shape index (κ3) is 4.79. The molecule has 2 aromatic rings. The second-order valence-electron chi connectivity index (χ2n) is 6.43. The number of hydrogen-bond donors (Lipinski definition) is 2. The average molecular weight is 388 g/mol. The van der Waals surface area contributed by atoms with Gasteiger partial charge in [-0.3, -0.25) is 25.0 Å². The highest BCUT2D eigenvalue weighted by Crippen LogP contribution is 2.30. The highest BCUT2D eigenvalue weighted by molar-refractivity contribution is 8.00. The van der Waals surface area contributed by atoms with Crippen LogP contribution in [0.3, 0.4) is 0 Å². The molecular weight excluding hydrogens is 364 g/mol. The van der Waals surface area contributed by atoms with Crippen LogP contribution >= 0.6 is 11.8 Å². The van der Waals surface area contributed by atoms with Gasteiger partial charge in [-0.2, -0.15) is 0 Å². The molecule has 1 saturated heterocycles. The Morgan fingerprint density at radius 3 is 2.44 bits per heavy atom. The van der Waals surface area contributed by atoms with Crippen molar-refractivity contribution in [2.45, 2.75) is 43.5 Å². The molecule has 9 heteroatoms. The fourth-order valence-electron chi connectivity index (χ4n) is 2.90. The molecule has 144 valence electrons. The number of nitrogens with one attached hydrogen (secondary N) is 2. The molecule has 1 aliphatic rings. The molecule has 1 aromatic carbocycles. The summed E-state index contributed by atoms with van der Waals surface area (Å²) in [7, 11) is 0. The molecular formula is C18H24N6O2S. The second kappa shape index (κ2) is 8.90. The molecule has 0 radical (unpaired) electrons. The maximum absolute atomic E-state index is 12.2. The molecule has 2 heterocycles. The number of rotatable bonds is 5. The monoisotopic (exact) mass is 388 g/mol. The molecule has 8 nitrogen and oxygen atoms in total. The summed E-state index contributed by atoms with van der Waals surface area (Å²) in [5, 5.41) is 8.97. The summed E-state index contributed by atoms with van der Waals surface area (Å²) in [6.45, 7) is 5.02. The third-order valence-electron chi connectivity index (χ3n) is 4.28. The normalized spacial score (nSPS) is 15.3. The molecule has 1 aromatic heterocycles. The average Bonchev–Trinajstić information content (AvgIpc) is 3.10. The number of carbonyl (C=O) groups excluding carboxylic acids is 2. The predicted molar refractivity (Wildman–Crippen MR) is 105 cm³/mol. The van der Waals surface area contributed by atoms with Crippen molar-refractivity contribution >= 4 is 29.5 Å². The van der Waals surface area contributed by atoms with Crippen molar-refractivity contribution in [1.29, 1.82) is 0 Å². The lowest BCUT2D eigenvalue weighted by atomic mass is 10.1. The van der Waals surface area contributed by atoms with Crippen molar-refractivity contribution in [3.8, 4) is 5.69 Å². The maximum atomic E-state index is 12.2. The third-order valence-corrected chi connectivity index (χ3v) is 5.33. The molecule has 0 saturated carbocycles. The molecule has 2 N–H and O–H groups in total. The number of carbonyl (C=O) groups is 2. The van der Waals surface area contributed by atoms with Crippen LogP contribution in [0.4, 0.5) is 5.95 Å². The van der Waals surface area contributed by atoms with Gasteiger partial charge in [0.1, 0.15) is 0 Å². The van der Waals surface area contributed by atoms with Crippen molar-refractivity contribution in [3.63, 3.8) is 0 Å². The molecule has 0 unspecified atom stereocenters. The molecule has 0 aliphatic carbocycles. The van der Waals surface area contributed by atoms with Crippen LogP contribution in [0.2, 0.25) is 0 Å². The van der Waals surface area contributed by atoms with Crippen LogP contribution < -0.4 is 15.8 Å². The van der Waals surface area contributed by atoms with Crippen LogP contribution in [-0.4, -0.2) is 44.9 Å². The van der Waals surface area contributed by atoms with Crippen LogP contribution in [0.1, 0.15) is 33.1 Å². The molecule has 0 spiro atoms. The van der Waals surface area contributed by atoms with Crippen LogP contribution in [0.25, 0.3) is 5.69 Å². The Kier molecular flexibility index (Phi) is 6.33. The topological polar surface area (TPSA) is 92.2 Å². The number of hydrogen-bond acceptors (Lipinski definition) is 6. The van der Waals surface area contributed by atoms with Crippen molar-refractivity contribution in [3.05, 3.63) is 30.3 Å². The van der Waals surface area contributed by atoms with Crippen LogP contribution in [-0.2, 0) is 9.59 Å². The van der Waals surface area contributed by atoms with Gasteiger partial charge < -0.3 is 4.90 Å². The molecule has 0 bridgehead atoms. The lowest BCUT2D eigenvalue weighted by molar-refractivity contribution is -0.127. The smallest absolute Gasteiger partial charge is 0.251 e. The highest BCUT2D eigenvalue weighted by atomic mass is 32.2. The van der Waals surface area contributed by atoms with Gasteiger partial charge in [0.2, 0.25) is 11.9 Å². The first-order valence-electron chi connectivity index (χ1n) is 9.05. The minimum Gasteiger partial charge on any atom is -0.341 e. The first-order valence-corrected chi connectivity index (χ1v) is 9.93. The Morgan fingerprint density at radius 2 is 1.78 bits per heavy atom. The van der Waals surface area contributed by atoms with E-state index in [1.165, 1.54) is 25.1 Å². The molecule has 1 aliphatic heterocycles. The van der Waals surface area contributed by atoms with Crippen molar-refractivity contribution in [2.75, 3.05) is 18.0 Å². The zero-order chi connectivity index (χ0) is 19.2. The van der Waals surface area contributed by atoms with E-state index in [1.54, 1.807) is 6.92 Å². The van der Waals surface area contributed by atoms with Gasteiger partial charge in [0.15, 0.2) is 5.16 Å². The fourth-order valence-corrected chi connectivity index (χ4v) is 3.77. The van der Waals surface area contributed by atoms with Crippen LogP contribution in [0, 0.1) is 0 Å². The molecule has 3 rings (SSSR count). The number of nitrogens with zero attached hydrogens (tertiary/aromatic N) is 4. The summed E-state index contributed by atoms with van der Waals surface area (Å²) in [5.41, 5.74) is 5.68. The number of thioether (sulfide) groups is 1. The van der Waals surface area contributed by atoms with Gasteiger partial charge in [-0.05, 0) is 38.3 Å². The van der Waals surface area contributed by atoms with Gasteiger partial charge in [0.05, 0.1) is 10.9 Å². The van der Waals surface area contributed by atoms with E-state index in [0.717, 1.165) is 37.6 Å². The molecule has 27 heavy (non-hydrogen) atoms. The SMILES string of the molecule is CC(=O)NNC(=O)[C@@H](C)Sc1nnc(N2CCCCC2)n1-c1ccccc1. The van der Waals surface area contributed by atoms with Gasteiger partial charge >= 0.3 is 0 Å². The number of hydrazine groups is 1. The number of para-hydroxylation sites is 1. The van der Waals surface area contributed by atoms with Crippen molar-refractivity contribution in [1.82, 2.24) is 25.6 Å². The fraction of sp³-hybridized carbons (Fsp3) is 0.444. The quantitative estimate of drug-likeness (QED) is 0.600. The Labute approximate surface area is 162 Å². The largest absolute Gasteiger partial charge is 0.341 e. The minimum absolute atomic E-state index is 0.294. The summed E-state index contributed by atoms with van der Waals surface area (Å²) < 4.78 is 2.00. The Balaban J connectivity index is 1.85. The Bertz CT molecular complexity index is 788. The van der Waals surface area contributed by atoms with Crippen LogP contribution in [0.5, 0.6) is 0 Å². The minimum atomic E-state index is -0.447. The zero-order valence-electron chi connectivity index (χ0n) is 15.5. The van der Waals surface area contributed by atoms with E-state index in [2.05, 4.69) is 25.9 Å². The zero-order valence-corrected chi connectivity index (χ0v) is 16.3. The van der Waals surface area contributed by atoms with Gasteiger partial charge in [-0.15, -0.1) is 10.2 Å². The number of aromatic nitrogens is 3. The van der Waals surface area contributed by atoms with E-state index < -0.39 is 5.25 Å². The summed E-state index contributed by atoms with van der Waals surface area (Å²) in [4.78, 5) is 25.4. The summed E-state index contributed by atoms with van der Waals surface area (Å²) in [6, 6.07) is 9.91. The molecule has 1 atom stereocenters. The molecule has 1 fully saturated rings. The first kappa shape index (κ1) is 19.2. The summed E-state index contributed by atoms with van der Waals surface area (Å²) >= 11 is 1.31. The number of anilines is 1. The summed E-state index contributed by atoms with van der Waals surface area (Å²) in [5.74, 6) is 0.190.